The summed E-state index contributed by atoms with van der Waals surface area (Å²) in [5.41, 5.74) is 1.83. The summed E-state index contributed by atoms with van der Waals surface area (Å²) in [4.78, 5) is 22.4. The predicted molar refractivity (Wildman–Crippen MR) is 94.4 cm³/mol. The highest BCUT2D eigenvalue weighted by atomic mass is 35.5. The fraction of sp³-hybridized carbons (Fsp3) is 0.167. The first-order valence-electron chi connectivity index (χ1n) is 7.46. The van der Waals surface area contributed by atoms with E-state index in [1.165, 1.54) is 18.2 Å². The summed E-state index contributed by atoms with van der Waals surface area (Å²) in [5, 5.41) is 12.3. The second-order valence-corrected chi connectivity index (χ2v) is 6.11. The van der Waals surface area contributed by atoms with Crippen LogP contribution in [0.5, 0.6) is 5.75 Å². The third kappa shape index (κ3) is 3.49. The third-order valence-electron chi connectivity index (χ3n) is 3.80. The molecule has 0 atom stereocenters. The molecule has 6 nitrogen and oxygen atoms in total. The zero-order chi connectivity index (χ0) is 18.1. The lowest BCUT2D eigenvalue weighted by Crippen LogP contribution is -2.05. The van der Waals surface area contributed by atoms with Gasteiger partial charge in [-0.05, 0) is 43.2 Å². The monoisotopic (exact) mass is 359 g/mol. The second-order valence-electron chi connectivity index (χ2n) is 5.71. The van der Waals surface area contributed by atoms with Gasteiger partial charge in [0, 0.05) is 28.1 Å². The van der Waals surface area contributed by atoms with Crippen LogP contribution in [0.2, 0.25) is 5.02 Å². The van der Waals surface area contributed by atoms with Gasteiger partial charge in [0.15, 0.2) is 5.75 Å². The van der Waals surface area contributed by atoms with Crippen molar-refractivity contribution in [2.45, 2.75) is 20.5 Å². The lowest BCUT2D eigenvalue weighted by Gasteiger charge is -2.10. The van der Waals surface area contributed by atoms with Crippen LogP contribution in [0, 0.1) is 24.0 Å². The molecular formula is C18H14ClNO5. The SMILES string of the molecule is Cc1ccc(OCc2cc(=O)oc3cc(C)c(Cl)cc23)c([N+](=O)[O-])c1. The van der Waals surface area contributed by atoms with E-state index >= 15 is 0 Å². The predicted octanol–water partition coefficient (Wildman–Crippen LogP) is 4.55. The van der Waals surface area contributed by atoms with Crippen LogP contribution < -0.4 is 10.4 Å². The number of rotatable bonds is 4. The summed E-state index contributed by atoms with van der Waals surface area (Å²) in [6, 6.07) is 9.37. The van der Waals surface area contributed by atoms with Crippen molar-refractivity contribution < 1.29 is 14.1 Å². The van der Waals surface area contributed by atoms with Crippen LogP contribution in [0.3, 0.4) is 0 Å². The number of hydrogen-bond acceptors (Lipinski definition) is 5. The summed E-state index contributed by atoms with van der Waals surface area (Å²) >= 11 is 6.15. The molecule has 2 aromatic carbocycles. The Balaban J connectivity index is 2.01. The van der Waals surface area contributed by atoms with Crippen LogP contribution in [-0.2, 0) is 6.61 Å². The van der Waals surface area contributed by atoms with Gasteiger partial charge in [-0.15, -0.1) is 0 Å². The van der Waals surface area contributed by atoms with Gasteiger partial charge in [-0.2, -0.15) is 0 Å². The van der Waals surface area contributed by atoms with E-state index in [-0.39, 0.29) is 18.0 Å². The number of ether oxygens (including phenoxy) is 1. The van der Waals surface area contributed by atoms with Gasteiger partial charge in [-0.1, -0.05) is 17.7 Å². The van der Waals surface area contributed by atoms with E-state index < -0.39 is 10.5 Å². The van der Waals surface area contributed by atoms with Gasteiger partial charge in [0.2, 0.25) is 0 Å². The Morgan fingerprint density at radius 1 is 1.20 bits per heavy atom. The highest BCUT2D eigenvalue weighted by Crippen LogP contribution is 2.30. The van der Waals surface area contributed by atoms with Crippen LogP contribution in [0.15, 0.2) is 45.6 Å². The first-order chi connectivity index (χ1) is 11.8. The maximum Gasteiger partial charge on any atom is 0.336 e. The maximum atomic E-state index is 11.8. The summed E-state index contributed by atoms with van der Waals surface area (Å²) < 4.78 is 10.8. The van der Waals surface area contributed by atoms with Gasteiger partial charge >= 0.3 is 11.3 Å². The maximum absolute atomic E-state index is 11.8. The van der Waals surface area contributed by atoms with Gasteiger partial charge in [0.05, 0.1) is 4.92 Å². The molecule has 1 heterocycles. The third-order valence-corrected chi connectivity index (χ3v) is 4.21. The molecule has 0 N–H and O–H groups in total. The van der Waals surface area contributed by atoms with E-state index in [1.807, 2.05) is 0 Å². The number of nitro benzene ring substituents is 1. The number of nitro groups is 1. The normalized spacial score (nSPS) is 10.8. The molecule has 3 rings (SSSR count). The highest BCUT2D eigenvalue weighted by molar-refractivity contribution is 6.32. The van der Waals surface area contributed by atoms with Gasteiger partial charge in [0.25, 0.3) is 0 Å². The molecule has 1 aromatic heterocycles. The van der Waals surface area contributed by atoms with Gasteiger partial charge in [-0.3, -0.25) is 10.1 Å². The van der Waals surface area contributed by atoms with Crippen molar-refractivity contribution in [1.29, 1.82) is 0 Å². The van der Waals surface area contributed by atoms with Crippen molar-refractivity contribution in [3.63, 3.8) is 0 Å². The molecule has 0 bridgehead atoms. The minimum absolute atomic E-state index is 0.0224. The molecule has 0 amide bonds. The van der Waals surface area contributed by atoms with Crippen molar-refractivity contribution in [1.82, 2.24) is 0 Å². The van der Waals surface area contributed by atoms with E-state index in [0.717, 1.165) is 11.1 Å². The molecule has 0 aliphatic heterocycles. The van der Waals surface area contributed by atoms with Crippen molar-refractivity contribution in [2.24, 2.45) is 0 Å². The molecule has 7 heteroatoms. The van der Waals surface area contributed by atoms with Crippen molar-refractivity contribution >= 4 is 28.3 Å². The lowest BCUT2D eigenvalue weighted by atomic mass is 10.1. The smallest absolute Gasteiger partial charge is 0.336 e. The fourth-order valence-corrected chi connectivity index (χ4v) is 2.68. The Bertz CT molecular complexity index is 1040. The van der Waals surface area contributed by atoms with E-state index in [2.05, 4.69) is 0 Å². The average molecular weight is 360 g/mol. The minimum atomic E-state index is -0.522. The summed E-state index contributed by atoms with van der Waals surface area (Å²) in [7, 11) is 0. The molecule has 0 unspecified atom stereocenters. The number of fused-ring (bicyclic) bond motifs is 1. The fourth-order valence-electron chi connectivity index (χ4n) is 2.52. The van der Waals surface area contributed by atoms with Crippen molar-refractivity contribution in [3.05, 3.63) is 78.6 Å². The molecule has 0 saturated heterocycles. The van der Waals surface area contributed by atoms with E-state index in [4.69, 9.17) is 20.8 Å². The van der Waals surface area contributed by atoms with Crippen LogP contribution in [0.25, 0.3) is 11.0 Å². The Kier molecular flexibility index (Phi) is 4.46. The number of hydrogen-bond donors (Lipinski definition) is 0. The topological polar surface area (TPSA) is 82.6 Å². The molecular weight excluding hydrogens is 346 g/mol. The zero-order valence-corrected chi connectivity index (χ0v) is 14.3. The number of aryl methyl sites for hydroxylation is 2. The quantitative estimate of drug-likeness (QED) is 0.387. The Morgan fingerprint density at radius 3 is 2.68 bits per heavy atom. The summed E-state index contributed by atoms with van der Waals surface area (Å²) in [5.74, 6) is 0.134. The number of benzene rings is 2. The number of nitrogens with zero attached hydrogens (tertiary/aromatic N) is 1. The average Bonchev–Trinajstić information content (AvgIpc) is 2.55. The molecule has 0 fully saturated rings. The first kappa shape index (κ1) is 17.0. The van der Waals surface area contributed by atoms with E-state index in [0.29, 0.717) is 21.6 Å². The second kappa shape index (κ2) is 6.57. The minimum Gasteiger partial charge on any atom is -0.482 e. The molecule has 25 heavy (non-hydrogen) atoms. The molecule has 3 aromatic rings. The van der Waals surface area contributed by atoms with Crippen LogP contribution in [-0.4, -0.2) is 4.92 Å². The summed E-state index contributed by atoms with van der Waals surface area (Å²) in [6.07, 6.45) is 0. The lowest BCUT2D eigenvalue weighted by molar-refractivity contribution is -0.386. The van der Waals surface area contributed by atoms with E-state index in [1.54, 1.807) is 32.0 Å². The standard InChI is InChI=1S/C18H14ClNO5/c1-10-3-4-16(15(5-10)20(22)23)24-9-12-7-18(21)25-17-6-11(2)14(19)8-13(12)17/h3-8H,9H2,1-2H3. The summed E-state index contributed by atoms with van der Waals surface area (Å²) in [6.45, 7) is 3.54. The first-order valence-corrected chi connectivity index (χ1v) is 7.83. The highest BCUT2D eigenvalue weighted by Gasteiger charge is 2.16. The molecule has 0 aliphatic carbocycles. The Hall–Kier alpha value is -2.86. The Morgan fingerprint density at radius 2 is 1.96 bits per heavy atom. The zero-order valence-electron chi connectivity index (χ0n) is 13.5. The van der Waals surface area contributed by atoms with Crippen LogP contribution >= 0.6 is 11.6 Å². The van der Waals surface area contributed by atoms with E-state index in [9.17, 15) is 14.9 Å². The van der Waals surface area contributed by atoms with Crippen molar-refractivity contribution in [3.8, 4) is 5.75 Å². The molecule has 0 radical (unpaired) electrons. The van der Waals surface area contributed by atoms with Crippen LogP contribution in [0.4, 0.5) is 5.69 Å². The largest absolute Gasteiger partial charge is 0.482 e. The van der Waals surface area contributed by atoms with Gasteiger partial charge < -0.3 is 9.15 Å². The molecule has 128 valence electrons. The molecule has 0 aliphatic rings. The van der Waals surface area contributed by atoms with Gasteiger partial charge in [0.1, 0.15) is 12.2 Å². The van der Waals surface area contributed by atoms with Gasteiger partial charge in [-0.25, -0.2) is 4.79 Å². The van der Waals surface area contributed by atoms with Crippen molar-refractivity contribution in [2.75, 3.05) is 0 Å². The number of halogens is 1. The van der Waals surface area contributed by atoms with Crippen LogP contribution in [0.1, 0.15) is 16.7 Å². The Labute approximate surface area is 147 Å². The molecule has 0 spiro atoms. The molecule has 0 saturated carbocycles.